The van der Waals surface area contributed by atoms with Gasteiger partial charge in [0.25, 0.3) is 0 Å². The smallest absolute Gasteiger partial charge is 0.150 e. The molecule has 1 aromatic rings. The highest BCUT2D eigenvalue weighted by Crippen LogP contribution is 2.23. The van der Waals surface area contributed by atoms with E-state index in [-0.39, 0.29) is 0 Å². The van der Waals surface area contributed by atoms with Gasteiger partial charge in [0.15, 0.2) is 5.60 Å². The second kappa shape index (κ2) is 6.73. The lowest BCUT2D eigenvalue weighted by Gasteiger charge is -2.22. The van der Waals surface area contributed by atoms with Crippen molar-refractivity contribution in [2.24, 2.45) is 0 Å². The normalized spacial score (nSPS) is 13.7. The maximum Gasteiger partial charge on any atom is 0.150 e. The first kappa shape index (κ1) is 13.3. The van der Waals surface area contributed by atoms with Crippen LogP contribution < -0.4 is 0 Å². The van der Waals surface area contributed by atoms with Crippen LogP contribution in [0.15, 0.2) is 30.3 Å². The third-order valence-electron chi connectivity index (χ3n) is 2.50. The fourth-order valence-corrected chi connectivity index (χ4v) is 1.66. The van der Waals surface area contributed by atoms with E-state index in [2.05, 4.69) is 27.8 Å². The summed E-state index contributed by atoms with van der Waals surface area (Å²) in [5.74, 6) is 6.38. The second-order valence-electron chi connectivity index (χ2n) is 3.70. The van der Waals surface area contributed by atoms with Gasteiger partial charge in [0.2, 0.25) is 0 Å². The second-order valence-corrected chi connectivity index (χ2v) is 4.49. The Labute approximate surface area is 106 Å². The third kappa shape index (κ3) is 3.66. The van der Waals surface area contributed by atoms with Crippen molar-refractivity contribution in [2.45, 2.75) is 25.4 Å². The number of ether oxygens (including phenoxy) is 1. The first-order valence-corrected chi connectivity index (χ1v) is 6.52. The van der Waals surface area contributed by atoms with E-state index in [4.69, 9.17) is 4.74 Å². The summed E-state index contributed by atoms with van der Waals surface area (Å²) in [5.41, 5.74) is 0.608. The molecule has 1 rings (SSSR count). The van der Waals surface area contributed by atoms with Gasteiger partial charge in [0.05, 0.1) is 0 Å². The molecule has 0 amide bonds. The Hall–Kier alpha value is -0.780. The van der Waals surface area contributed by atoms with Crippen molar-refractivity contribution < 1.29 is 4.74 Å². The number of hydrogen-bond donors (Lipinski definition) is 0. The third-order valence-corrected chi connectivity index (χ3v) is 3.06. The van der Waals surface area contributed by atoms with Crippen molar-refractivity contribution in [3.63, 3.8) is 0 Å². The number of methoxy groups -OCH3 is 1. The van der Waals surface area contributed by atoms with Crippen LogP contribution >= 0.6 is 15.9 Å². The molecule has 1 nitrogen and oxygen atoms in total. The Kier molecular flexibility index (Phi) is 5.59. The van der Waals surface area contributed by atoms with Crippen LogP contribution in [-0.4, -0.2) is 12.4 Å². The molecule has 1 aromatic carbocycles. The van der Waals surface area contributed by atoms with Gasteiger partial charge in [-0.25, -0.2) is 0 Å². The highest BCUT2D eigenvalue weighted by atomic mass is 79.9. The Bertz CT molecular complexity index is 363. The lowest BCUT2D eigenvalue weighted by Crippen LogP contribution is -2.21. The molecular weight excluding hydrogens is 264 g/mol. The van der Waals surface area contributed by atoms with Crippen LogP contribution in [0, 0.1) is 11.8 Å². The van der Waals surface area contributed by atoms with E-state index in [1.54, 1.807) is 7.11 Å². The molecule has 86 valence electrons. The molecule has 1 atom stereocenters. The van der Waals surface area contributed by atoms with Crippen LogP contribution in [0.2, 0.25) is 0 Å². The molecule has 0 saturated heterocycles. The zero-order valence-corrected chi connectivity index (χ0v) is 11.4. The van der Waals surface area contributed by atoms with E-state index in [9.17, 15) is 0 Å². The standard InChI is InChI=1S/C14H17BrO/c1-14(16-2,11-7-4-8-12-15)13-9-5-3-6-10-13/h3,5-6,9-10H,4,8,12H2,1-2H3. The molecule has 16 heavy (non-hydrogen) atoms. The summed E-state index contributed by atoms with van der Waals surface area (Å²) in [4.78, 5) is 0. The van der Waals surface area contributed by atoms with E-state index in [1.807, 2.05) is 37.3 Å². The van der Waals surface area contributed by atoms with Crippen LogP contribution in [0.3, 0.4) is 0 Å². The molecule has 0 fully saturated rings. The van der Waals surface area contributed by atoms with E-state index in [0.29, 0.717) is 0 Å². The Morgan fingerprint density at radius 2 is 2.00 bits per heavy atom. The molecule has 0 aliphatic rings. The number of rotatable bonds is 4. The first-order valence-electron chi connectivity index (χ1n) is 5.39. The molecule has 0 aliphatic heterocycles. The quantitative estimate of drug-likeness (QED) is 0.464. The summed E-state index contributed by atoms with van der Waals surface area (Å²) in [6.45, 7) is 2.00. The van der Waals surface area contributed by atoms with Crippen molar-refractivity contribution in [3.05, 3.63) is 35.9 Å². The summed E-state index contributed by atoms with van der Waals surface area (Å²) in [6.07, 6.45) is 1.97. The van der Waals surface area contributed by atoms with Gasteiger partial charge in [-0.1, -0.05) is 58.1 Å². The van der Waals surface area contributed by atoms with Gasteiger partial charge in [-0.2, -0.15) is 0 Å². The number of alkyl halides is 1. The van der Waals surface area contributed by atoms with Crippen LogP contribution in [0.4, 0.5) is 0 Å². The lowest BCUT2D eigenvalue weighted by molar-refractivity contribution is 0.0551. The molecular formula is C14H17BrO. The molecule has 0 saturated carbocycles. The van der Waals surface area contributed by atoms with Crippen molar-refractivity contribution in [1.82, 2.24) is 0 Å². The fraction of sp³-hybridized carbons (Fsp3) is 0.429. The van der Waals surface area contributed by atoms with E-state index >= 15 is 0 Å². The van der Waals surface area contributed by atoms with Gasteiger partial charge in [-0.3, -0.25) is 0 Å². The van der Waals surface area contributed by atoms with Gasteiger partial charge in [0, 0.05) is 18.9 Å². The number of unbranched alkanes of at least 4 members (excludes halogenated alkanes) is 1. The average Bonchev–Trinajstić information content (AvgIpc) is 2.35. The minimum atomic E-state index is -0.492. The number of hydrogen-bond acceptors (Lipinski definition) is 1. The molecule has 0 aliphatic carbocycles. The molecule has 0 radical (unpaired) electrons. The first-order chi connectivity index (χ1) is 7.73. The summed E-state index contributed by atoms with van der Waals surface area (Å²) in [6, 6.07) is 10.1. The summed E-state index contributed by atoms with van der Waals surface area (Å²) < 4.78 is 5.52. The monoisotopic (exact) mass is 280 g/mol. The van der Waals surface area contributed by atoms with Crippen LogP contribution in [0.25, 0.3) is 0 Å². The van der Waals surface area contributed by atoms with Gasteiger partial charge in [0.1, 0.15) is 0 Å². The van der Waals surface area contributed by atoms with Gasteiger partial charge in [-0.15, -0.1) is 0 Å². The maximum atomic E-state index is 5.52. The molecule has 2 heteroatoms. The summed E-state index contributed by atoms with van der Waals surface area (Å²) in [5, 5.41) is 0.997. The van der Waals surface area contributed by atoms with Crippen molar-refractivity contribution >= 4 is 15.9 Å². The zero-order chi connectivity index (χ0) is 11.9. The number of benzene rings is 1. The summed E-state index contributed by atoms with van der Waals surface area (Å²) >= 11 is 3.39. The minimum Gasteiger partial charge on any atom is -0.362 e. The molecule has 0 aromatic heterocycles. The number of halogens is 1. The van der Waals surface area contributed by atoms with Crippen LogP contribution in [0.1, 0.15) is 25.3 Å². The maximum absolute atomic E-state index is 5.52. The Morgan fingerprint density at radius 1 is 1.31 bits per heavy atom. The predicted molar refractivity (Wildman–Crippen MR) is 71.6 cm³/mol. The molecule has 0 spiro atoms. The molecule has 0 N–H and O–H groups in total. The Morgan fingerprint density at radius 3 is 2.56 bits per heavy atom. The molecule has 0 bridgehead atoms. The topological polar surface area (TPSA) is 9.23 Å². The van der Waals surface area contributed by atoms with Crippen LogP contribution in [0.5, 0.6) is 0 Å². The van der Waals surface area contributed by atoms with E-state index in [1.165, 1.54) is 0 Å². The largest absolute Gasteiger partial charge is 0.362 e. The van der Waals surface area contributed by atoms with Crippen molar-refractivity contribution in [3.8, 4) is 11.8 Å². The Balaban J connectivity index is 2.80. The van der Waals surface area contributed by atoms with Gasteiger partial charge in [-0.05, 0) is 18.9 Å². The minimum absolute atomic E-state index is 0.492. The van der Waals surface area contributed by atoms with Gasteiger partial charge < -0.3 is 4.74 Å². The fourth-order valence-electron chi connectivity index (χ4n) is 1.38. The zero-order valence-electron chi connectivity index (χ0n) is 9.79. The summed E-state index contributed by atoms with van der Waals surface area (Å²) in [7, 11) is 1.70. The van der Waals surface area contributed by atoms with Gasteiger partial charge >= 0.3 is 0 Å². The molecule has 0 heterocycles. The van der Waals surface area contributed by atoms with E-state index in [0.717, 1.165) is 23.7 Å². The van der Waals surface area contributed by atoms with Crippen molar-refractivity contribution in [2.75, 3.05) is 12.4 Å². The highest BCUT2D eigenvalue weighted by Gasteiger charge is 2.22. The predicted octanol–water partition coefficient (Wildman–Crippen LogP) is 3.73. The average molecular weight is 281 g/mol. The van der Waals surface area contributed by atoms with Crippen LogP contribution in [-0.2, 0) is 10.3 Å². The van der Waals surface area contributed by atoms with Crippen molar-refractivity contribution in [1.29, 1.82) is 0 Å². The molecule has 1 unspecified atom stereocenters. The highest BCUT2D eigenvalue weighted by molar-refractivity contribution is 9.09. The lowest BCUT2D eigenvalue weighted by atomic mass is 9.96. The SMILES string of the molecule is COC(C)(C#CCCCBr)c1ccccc1. The van der Waals surface area contributed by atoms with E-state index < -0.39 is 5.60 Å².